The van der Waals surface area contributed by atoms with Gasteiger partial charge in [0.2, 0.25) is 0 Å². The molecule has 13 heavy (non-hydrogen) atoms. The molecule has 1 heterocycles. The molecule has 2 heteroatoms. The van der Waals surface area contributed by atoms with Crippen LogP contribution in [0, 0.1) is 0 Å². The van der Waals surface area contributed by atoms with Crippen LogP contribution >= 0.6 is 0 Å². The standard InChI is InChI=1S/C11H22N2/c1-9-5-3-2-4-6-13(9)11-7-10(12)8-11/h9-11H,2-8,12H2,1H3. The third kappa shape index (κ3) is 2.05. The second kappa shape index (κ2) is 3.97. The Morgan fingerprint density at radius 3 is 2.62 bits per heavy atom. The molecule has 1 unspecified atom stereocenters. The van der Waals surface area contributed by atoms with Gasteiger partial charge in [0, 0.05) is 18.1 Å². The summed E-state index contributed by atoms with van der Waals surface area (Å²) in [6, 6.07) is 2.13. The fraction of sp³-hybridized carbons (Fsp3) is 1.00. The molecule has 1 saturated heterocycles. The first-order valence-electron chi connectivity index (χ1n) is 5.78. The molecule has 2 aliphatic rings. The van der Waals surface area contributed by atoms with Crippen LogP contribution in [0.15, 0.2) is 0 Å². The molecule has 0 radical (unpaired) electrons. The van der Waals surface area contributed by atoms with Gasteiger partial charge in [0.15, 0.2) is 0 Å². The lowest BCUT2D eigenvalue weighted by molar-refractivity contribution is 0.0767. The van der Waals surface area contributed by atoms with Gasteiger partial charge in [0.25, 0.3) is 0 Å². The normalized spacial score (nSPS) is 42.5. The third-order valence-electron chi connectivity index (χ3n) is 3.72. The number of likely N-dealkylation sites (tertiary alicyclic amines) is 1. The largest absolute Gasteiger partial charge is 0.328 e. The van der Waals surface area contributed by atoms with Crippen LogP contribution in [-0.2, 0) is 0 Å². The van der Waals surface area contributed by atoms with E-state index in [1.54, 1.807) is 0 Å². The van der Waals surface area contributed by atoms with Crippen LogP contribution in [0.25, 0.3) is 0 Å². The van der Waals surface area contributed by atoms with Crippen molar-refractivity contribution in [2.24, 2.45) is 5.73 Å². The van der Waals surface area contributed by atoms with E-state index in [1.165, 1.54) is 45.1 Å². The summed E-state index contributed by atoms with van der Waals surface area (Å²) in [5.74, 6) is 0. The highest BCUT2D eigenvalue weighted by atomic mass is 15.2. The predicted octanol–water partition coefficient (Wildman–Crippen LogP) is 1.74. The molecular formula is C11H22N2. The minimum atomic E-state index is 0.500. The fourth-order valence-electron chi connectivity index (χ4n) is 2.74. The first-order chi connectivity index (χ1) is 6.27. The van der Waals surface area contributed by atoms with Gasteiger partial charge in [-0.15, -0.1) is 0 Å². The van der Waals surface area contributed by atoms with E-state index >= 15 is 0 Å². The number of hydrogen-bond acceptors (Lipinski definition) is 2. The van der Waals surface area contributed by atoms with E-state index in [1.807, 2.05) is 0 Å². The van der Waals surface area contributed by atoms with E-state index in [9.17, 15) is 0 Å². The van der Waals surface area contributed by atoms with Crippen LogP contribution in [0.2, 0.25) is 0 Å². The van der Waals surface area contributed by atoms with Gasteiger partial charge in [-0.2, -0.15) is 0 Å². The van der Waals surface area contributed by atoms with Crippen molar-refractivity contribution in [3.05, 3.63) is 0 Å². The average Bonchev–Trinajstić information content (AvgIpc) is 2.25. The maximum Gasteiger partial charge on any atom is 0.0127 e. The zero-order chi connectivity index (χ0) is 9.26. The lowest BCUT2D eigenvalue weighted by Gasteiger charge is -2.43. The Morgan fingerprint density at radius 1 is 1.15 bits per heavy atom. The molecular weight excluding hydrogens is 160 g/mol. The second-order valence-electron chi connectivity index (χ2n) is 4.82. The van der Waals surface area contributed by atoms with Crippen molar-refractivity contribution < 1.29 is 0 Å². The van der Waals surface area contributed by atoms with Crippen molar-refractivity contribution in [2.75, 3.05) is 6.54 Å². The first-order valence-corrected chi connectivity index (χ1v) is 5.78. The van der Waals surface area contributed by atoms with E-state index < -0.39 is 0 Å². The molecule has 2 nitrogen and oxygen atoms in total. The fourth-order valence-corrected chi connectivity index (χ4v) is 2.74. The van der Waals surface area contributed by atoms with Crippen LogP contribution in [0.4, 0.5) is 0 Å². The van der Waals surface area contributed by atoms with Crippen molar-refractivity contribution >= 4 is 0 Å². The Bertz CT molecular complexity index is 163. The van der Waals surface area contributed by atoms with E-state index in [4.69, 9.17) is 5.73 Å². The van der Waals surface area contributed by atoms with Gasteiger partial charge in [0.05, 0.1) is 0 Å². The van der Waals surface area contributed by atoms with Crippen molar-refractivity contribution in [1.82, 2.24) is 4.90 Å². The van der Waals surface area contributed by atoms with Crippen molar-refractivity contribution in [1.29, 1.82) is 0 Å². The molecule has 76 valence electrons. The quantitative estimate of drug-likeness (QED) is 0.669. The van der Waals surface area contributed by atoms with Crippen molar-refractivity contribution in [3.63, 3.8) is 0 Å². The molecule has 1 aliphatic carbocycles. The highest BCUT2D eigenvalue weighted by Gasteiger charge is 2.33. The molecule has 0 aromatic rings. The Labute approximate surface area is 81.5 Å². The van der Waals surface area contributed by atoms with E-state index in [2.05, 4.69) is 11.8 Å². The summed E-state index contributed by atoms with van der Waals surface area (Å²) < 4.78 is 0. The molecule has 1 atom stereocenters. The van der Waals surface area contributed by atoms with Crippen LogP contribution in [0.1, 0.15) is 45.4 Å². The average molecular weight is 182 g/mol. The lowest BCUT2D eigenvalue weighted by Crippen LogP contribution is -2.53. The maximum absolute atomic E-state index is 5.83. The molecule has 2 rings (SSSR count). The molecule has 2 N–H and O–H groups in total. The molecule has 1 saturated carbocycles. The second-order valence-corrected chi connectivity index (χ2v) is 4.82. The summed E-state index contributed by atoms with van der Waals surface area (Å²) in [6.45, 7) is 3.70. The summed E-state index contributed by atoms with van der Waals surface area (Å²) >= 11 is 0. The first kappa shape index (κ1) is 9.47. The Morgan fingerprint density at radius 2 is 1.92 bits per heavy atom. The van der Waals surface area contributed by atoms with Gasteiger partial charge in [-0.1, -0.05) is 12.8 Å². The van der Waals surface area contributed by atoms with Crippen molar-refractivity contribution in [3.8, 4) is 0 Å². The molecule has 0 spiro atoms. The minimum absolute atomic E-state index is 0.500. The summed E-state index contributed by atoms with van der Waals surface area (Å²) in [4.78, 5) is 2.70. The summed E-state index contributed by atoms with van der Waals surface area (Å²) in [6.07, 6.45) is 8.13. The summed E-state index contributed by atoms with van der Waals surface area (Å²) in [5.41, 5.74) is 5.83. The van der Waals surface area contributed by atoms with E-state index in [0.717, 1.165) is 12.1 Å². The SMILES string of the molecule is CC1CCCCCN1C1CC(N)C1. The lowest BCUT2D eigenvalue weighted by atomic mass is 9.85. The number of rotatable bonds is 1. The maximum atomic E-state index is 5.83. The van der Waals surface area contributed by atoms with Gasteiger partial charge < -0.3 is 5.73 Å². The Hall–Kier alpha value is -0.0800. The van der Waals surface area contributed by atoms with Crippen LogP contribution in [0.5, 0.6) is 0 Å². The van der Waals surface area contributed by atoms with Crippen molar-refractivity contribution in [2.45, 2.75) is 63.6 Å². The molecule has 1 aliphatic heterocycles. The number of nitrogens with zero attached hydrogens (tertiary/aromatic N) is 1. The molecule has 0 amide bonds. The van der Waals surface area contributed by atoms with Gasteiger partial charge in [0.1, 0.15) is 0 Å². The molecule has 0 aromatic heterocycles. The zero-order valence-corrected chi connectivity index (χ0v) is 8.71. The highest BCUT2D eigenvalue weighted by molar-refractivity contribution is 4.92. The monoisotopic (exact) mass is 182 g/mol. The highest BCUT2D eigenvalue weighted by Crippen LogP contribution is 2.29. The zero-order valence-electron chi connectivity index (χ0n) is 8.71. The smallest absolute Gasteiger partial charge is 0.0127 e. The van der Waals surface area contributed by atoms with Crippen LogP contribution in [-0.4, -0.2) is 29.6 Å². The van der Waals surface area contributed by atoms with Gasteiger partial charge in [-0.25, -0.2) is 0 Å². The minimum Gasteiger partial charge on any atom is -0.328 e. The summed E-state index contributed by atoms with van der Waals surface area (Å²) in [7, 11) is 0. The predicted molar refractivity (Wildman–Crippen MR) is 55.6 cm³/mol. The number of hydrogen-bond donors (Lipinski definition) is 1. The molecule has 2 fully saturated rings. The topological polar surface area (TPSA) is 29.3 Å². The number of nitrogens with two attached hydrogens (primary N) is 1. The van der Waals surface area contributed by atoms with E-state index in [0.29, 0.717) is 6.04 Å². The molecule has 0 bridgehead atoms. The van der Waals surface area contributed by atoms with E-state index in [-0.39, 0.29) is 0 Å². The Kier molecular flexibility index (Phi) is 2.89. The molecule has 0 aromatic carbocycles. The van der Waals surface area contributed by atoms with Crippen LogP contribution in [0.3, 0.4) is 0 Å². The third-order valence-corrected chi connectivity index (χ3v) is 3.72. The van der Waals surface area contributed by atoms with Gasteiger partial charge in [-0.3, -0.25) is 4.90 Å². The van der Waals surface area contributed by atoms with Crippen LogP contribution < -0.4 is 5.73 Å². The van der Waals surface area contributed by atoms with Gasteiger partial charge in [-0.05, 0) is 39.2 Å². The summed E-state index contributed by atoms with van der Waals surface area (Å²) in [5, 5.41) is 0. The van der Waals surface area contributed by atoms with Gasteiger partial charge >= 0.3 is 0 Å². The Balaban J connectivity index is 1.88.